The van der Waals surface area contributed by atoms with E-state index in [0.717, 1.165) is 23.8 Å². The number of hydrogen-bond donors (Lipinski definition) is 8. The van der Waals surface area contributed by atoms with Crippen molar-refractivity contribution in [1.29, 1.82) is 0 Å². The molecule has 2 fully saturated rings. The molecule has 1 aromatic heterocycles. The number of nitrogens with one attached hydrogen (secondary N) is 1. The Balaban J connectivity index is 1.74. The van der Waals surface area contributed by atoms with Gasteiger partial charge < -0.3 is 39.8 Å². The van der Waals surface area contributed by atoms with Crippen LogP contribution in [-0.4, -0.2) is 97.0 Å². The lowest BCUT2D eigenvalue weighted by Gasteiger charge is -2.42. The van der Waals surface area contributed by atoms with E-state index in [2.05, 4.69) is 13.6 Å². The number of H-pyrrole nitrogens is 1. The van der Waals surface area contributed by atoms with Crippen molar-refractivity contribution in [3.8, 4) is 0 Å². The maximum atomic E-state index is 13.1. The maximum Gasteiger partial charge on any atom is 0.502 e. The fourth-order valence-corrected chi connectivity index (χ4v) is 6.60. The van der Waals surface area contributed by atoms with Gasteiger partial charge in [0.1, 0.15) is 36.3 Å². The van der Waals surface area contributed by atoms with E-state index in [1.54, 1.807) is 0 Å². The molecule has 5 unspecified atom stereocenters. The maximum absolute atomic E-state index is 13.1. The van der Waals surface area contributed by atoms with Crippen molar-refractivity contribution in [2.45, 2.75) is 62.5 Å². The molecule has 2 saturated heterocycles. The Bertz CT molecular complexity index is 1280. The van der Waals surface area contributed by atoms with Gasteiger partial charge >= 0.3 is 21.3 Å². The minimum atomic E-state index is -5.29. The number of aromatic nitrogens is 2. The molecule has 2 aliphatic heterocycles. The van der Waals surface area contributed by atoms with Gasteiger partial charge in [-0.05, 0) is 6.92 Å². The summed E-state index contributed by atoms with van der Waals surface area (Å²) in [6.45, 7) is -0.673. The van der Waals surface area contributed by atoms with Gasteiger partial charge in [0.2, 0.25) is 0 Å². The summed E-state index contributed by atoms with van der Waals surface area (Å²) in [5.41, 5.74) is -1.73. The van der Waals surface area contributed by atoms with E-state index in [0.29, 0.717) is 0 Å². The van der Waals surface area contributed by atoms with Crippen LogP contribution >= 0.6 is 15.6 Å². The number of Topliss-reactive ketones (excluding diaryl/α,β-unsaturated/α-hetero) is 1. The molecule has 0 aliphatic carbocycles. The van der Waals surface area contributed by atoms with Crippen molar-refractivity contribution in [2.75, 3.05) is 13.2 Å². The van der Waals surface area contributed by atoms with Crippen LogP contribution in [0.3, 0.4) is 0 Å². The lowest BCUT2D eigenvalue weighted by molar-refractivity contribution is -0.264. The summed E-state index contributed by atoms with van der Waals surface area (Å²) in [5.74, 6) is 8.05. The summed E-state index contributed by atoms with van der Waals surface area (Å²) in [6.07, 6.45) is -12.9. The SMILES string of the molecule is CC(=O)CC1[C@@H](OP(=O)(ON)OP(=O)(ON)OC[C@H]2O[C@@H](n3ccc(=O)[nH]c3=O)C(O)[C@H]2O)OC(CO)[C@H](O)[C@@H]1O. The molecule has 3 heterocycles. The Morgan fingerprint density at radius 2 is 1.66 bits per heavy atom. The van der Waals surface area contributed by atoms with Crippen LogP contribution in [0.1, 0.15) is 19.6 Å². The third kappa shape index (κ3) is 7.80. The van der Waals surface area contributed by atoms with Crippen LogP contribution in [0.15, 0.2) is 21.9 Å². The number of carbonyl (C=O) groups excluding carboxylic acids is 1. The smallest absolute Gasteiger partial charge is 0.394 e. The number of aliphatic hydroxyl groups is 5. The Labute approximate surface area is 229 Å². The fourth-order valence-electron chi connectivity index (χ4n) is 4.07. The first-order valence-electron chi connectivity index (χ1n) is 11.6. The van der Waals surface area contributed by atoms with Crippen LogP contribution in [0.4, 0.5) is 0 Å². The normalized spacial score (nSPS) is 35.1. The highest BCUT2D eigenvalue weighted by Gasteiger charge is 2.51. The number of rotatable bonds is 13. The predicted molar refractivity (Wildman–Crippen MR) is 128 cm³/mol. The van der Waals surface area contributed by atoms with E-state index in [1.807, 2.05) is 4.98 Å². The Kier molecular flexibility index (Phi) is 11.3. The van der Waals surface area contributed by atoms with Gasteiger partial charge in [0, 0.05) is 24.6 Å². The lowest BCUT2D eigenvalue weighted by Crippen LogP contribution is -2.56. The highest BCUT2D eigenvalue weighted by Crippen LogP contribution is 2.65. The van der Waals surface area contributed by atoms with Gasteiger partial charge in [0.05, 0.1) is 19.3 Å². The Hall–Kier alpha value is -1.75. The summed E-state index contributed by atoms with van der Waals surface area (Å²) in [5, 5.41) is 50.5. The molecule has 2 aliphatic rings. The van der Waals surface area contributed by atoms with Gasteiger partial charge in [-0.2, -0.15) is 4.31 Å². The third-order valence-electron chi connectivity index (χ3n) is 6.08. The summed E-state index contributed by atoms with van der Waals surface area (Å²) in [6, 6.07) is 0.946. The molecule has 0 bridgehead atoms. The van der Waals surface area contributed by atoms with Crippen LogP contribution < -0.4 is 23.0 Å². The van der Waals surface area contributed by atoms with E-state index in [9.17, 15) is 49.0 Å². The van der Waals surface area contributed by atoms with E-state index in [4.69, 9.17) is 30.3 Å². The quantitative estimate of drug-likeness (QED) is 0.0761. The van der Waals surface area contributed by atoms with Crippen molar-refractivity contribution >= 4 is 21.4 Å². The zero-order chi connectivity index (χ0) is 30.7. The number of hydrogen-bond acceptors (Lipinski definition) is 19. The minimum absolute atomic E-state index is 0.494. The van der Waals surface area contributed by atoms with Gasteiger partial charge in [-0.25, -0.2) is 35.0 Å². The van der Waals surface area contributed by atoms with Crippen LogP contribution in [0.5, 0.6) is 0 Å². The Morgan fingerprint density at radius 1 is 1.02 bits per heavy atom. The minimum Gasteiger partial charge on any atom is -0.394 e. The molecule has 0 amide bonds. The third-order valence-corrected chi connectivity index (χ3v) is 9.13. The zero-order valence-corrected chi connectivity index (χ0v) is 22.9. The number of nitrogens with two attached hydrogens (primary N) is 2. The summed E-state index contributed by atoms with van der Waals surface area (Å²) in [7, 11) is -10.5. The summed E-state index contributed by atoms with van der Waals surface area (Å²) < 4.78 is 60.5. The fraction of sp³-hybridized carbons (Fsp3) is 0.722. The summed E-state index contributed by atoms with van der Waals surface area (Å²) >= 11 is 0. The van der Waals surface area contributed by atoms with Gasteiger partial charge in [0.25, 0.3) is 5.56 Å². The molecule has 23 heteroatoms. The number of aromatic amines is 1. The van der Waals surface area contributed by atoms with E-state index >= 15 is 0 Å². The van der Waals surface area contributed by atoms with Crippen molar-refractivity contribution in [2.24, 2.45) is 17.7 Å². The molecule has 0 saturated carbocycles. The van der Waals surface area contributed by atoms with Crippen molar-refractivity contribution < 1.29 is 71.5 Å². The number of carbonyl (C=O) groups is 1. The van der Waals surface area contributed by atoms with Gasteiger partial charge in [0.15, 0.2) is 12.5 Å². The first kappa shape index (κ1) is 33.7. The molecule has 10 N–H and O–H groups in total. The monoisotopic (exact) mass is 636 g/mol. The van der Waals surface area contributed by atoms with Gasteiger partial charge in [-0.1, -0.05) is 0 Å². The zero-order valence-electron chi connectivity index (χ0n) is 21.1. The largest absolute Gasteiger partial charge is 0.502 e. The number of ketones is 1. The molecular formula is C18H30N4O17P2. The van der Waals surface area contributed by atoms with Crippen LogP contribution in [0.25, 0.3) is 0 Å². The highest BCUT2D eigenvalue weighted by molar-refractivity contribution is 7.62. The molecule has 3 rings (SSSR count). The van der Waals surface area contributed by atoms with Crippen LogP contribution in [0, 0.1) is 5.92 Å². The standard InChI is InChI=1S/C18H30N4O17P2/c1-7(24)4-8-12(26)13(27)9(5-23)35-17(8)36-41(32,38-20)39-40(31,37-19)33-6-10-14(28)15(29)16(34-10)22-3-2-11(25)21-18(22)30/h2-3,8-10,12-17,23,26-29H,4-6,19-20H2,1H3,(H,21,25,30)/t8?,9?,10-,12-,13+,14+,15?,16-,17-,40?,41?/m1/s1. The molecule has 21 nitrogen and oxygen atoms in total. The molecule has 0 radical (unpaired) electrons. The number of phosphoric acid groups is 2. The lowest BCUT2D eigenvalue weighted by atomic mass is 9.87. The first-order valence-corrected chi connectivity index (χ1v) is 14.6. The van der Waals surface area contributed by atoms with Gasteiger partial charge in [-0.15, -0.1) is 0 Å². The second-order valence-corrected chi connectivity index (χ2v) is 12.3. The van der Waals surface area contributed by atoms with Crippen molar-refractivity contribution in [1.82, 2.24) is 9.55 Å². The molecule has 234 valence electrons. The highest BCUT2D eigenvalue weighted by atomic mass is 31.3. The van der Waals surface area contributed by atoms with Crippen LogP contribution in [0.2, 0.25) is 0 Å². The number of ether oxygens (including phenoxy) is 2. The van der Waals surface area contributed by atoms with E-state index < -0.39 is 107 Å². The van der Waals surface area contributed by atoms with Crippen molar-refractivity contribution in [3.05, 3.63) is 33.1 Å². The van der Waals surface area contributed by atoms with Crippen molar-refractivity contribution in [3.63, 3.8) is 0 Å². The Morgan fingerprint density at radius 3 is 2.22 bits per heavy atom. The molecular weight excluding hydrogens is 606 g/mol. The molecule has 41 heavy (non-hydrogen) atoms. The molecule has 11 atom stereocenters. The van der Waals surface area contributed by atoms with Gasteiger partial charge in [-0.3, -0.25) is 23.4 Å². The molecule has 0 aromatic carbocycles. The van der Waals surface area contributed by atoms with E-state index in [1.165, 1.54) is 0 Å². The second-order valence-electron chi connectivity index (χ2n) is 8.93. The summed E-state index contributed by atoms with van der Waals surface area (Å²) in [4.78, 5) is 36.9. The number of nitrogens with zero attached hydrogens (tertiary/aromatic N) is 1. The van der Waals surface area contributed by atoms with Crippen LogP contribution in [-0.2, 0) is 46.0 Å². The molecule has 1 aromatic rings. The average molecular weight is 636 g/mol. The average Bonchev–Trinajstić information content (AvgIpc) is 3.20. The van der Waals surface area contributed by atoms with E-state index in [-0.39, 0.29) is 0 Å². The molecule has 0 spiro atoms. The number of aliphatic hydroxyl groups excluding tert-OH is 5. The topological polar surface area (TPSA) is 324 Å². The predicted octanol–water partition coefficient (Wildman–Crippen LogP) is -3.76. The first-order chi connectivity index (χ1) is 19.2. The second kappa shape index (κ2) is 13.7.